The van der Waals surface area contributed by atoms with E-state index >= 15 is 0 Å². The molecule has 7 heteroatoms. The fourth-order valence-corrected chi connectivity index (χ4v) is 2.79. The Morgan fingerprint density at radius 3 is 2.73 bits per heavy atom. The number of rotatable bonds is 7. The van der Waals surface area contributed by atoms with Crippen LogP contribution in [-0.2, 0) is 11.3 Å². The third kappa shape index (κ3) is 4.24. The number of H-pyrrole nitrogens is 1. The average molecular weight is 352 g/mol. The highest BCUT2D eigenvalue weighted by molar-refractivity contribution is 5.90. The molecule has 0 radical (unpaired) electrons. The molecule has 3 aromatic rings. The molecule has 2 heterocycles. The molecule has 7 nitrogen and oxygen atoms in total. The molecule has 2 N–H and O–H groups in total. The zero-order valence-electron chi connectivity index (χ0n) is 14.3. The van der Waals surface area contributed by atoms with Gasteiger partial charge in [0, 0.05) is 19.2 Å². The lowest BCUT2D eigenvalue weighted by molar-refractivity contribution is -0.116. The lowest BCUT2D eigenvalue weighted by atomic mass is 10.2. The zero-order chi connectivity index (χ0) is 18.4. The van der Waals surface area contributed by atoms with Gasteiger partial charge in [-0.25, -0.2) is 4.79 Å². The predicted octanol–water partition coefficient (Wildman–Crippen LogP) is 2.28. The summed E-state index contributed by atoms with van der Waals surface area (Å²) in [5.74, 6) is -0.0706. The van der Waals surface area contributed by atoms with Gasteiger partial charge in [0.05, 0.1) is 22.8 Å². The van der Waals surface area contributed by atoms with Crippen LogP contribution in [0.2, 0.25) is 0 Å². The van der Waals surface area contributed by atoms with Crippen LogP contribution in [0.1, 0.15) is 25.7 Å². The number of anilines is 1. The first-order valence-electron chi connectivity index (χ1n) is 8.57. The highest BCUT2D eigenvalue weighted by Crippen LogP contribution is 2.07. The summed E-state index contributed by atoms with van der Waals surface area (Å²) in [5.41, 5.74) is 0.541. The van der Waals surface area contributed by atoms with E-state index in [-0.39, 0.29) is 11.5 Å². The van der Waals surface area contributed by atoms with Crippen molar-refractivity contribution in [3.63, 3.8) is 0 Å². The molecule has 0 aliphatic rings. The SMILES string of the molecule is O=C(CCCCCn1c(=O)[nH]c2ccccc2c1=O)Nc1cccnc1. The van der Waals surface area contributed by atoms with Crippen LogP contribution in [0.3, 0.4) is 0 Å². The lowest BCUT2D eigenvalue weighted by Gasteiger charge is -2.07. The molecule has 1 aromatic carbocycles. The van der Waals surface area contributed by atoms with Gasteiger partial charge in [-0.1, -0.05) is 18.6 Å². The Morgan fingerprint density at radius 1 is 1.08 bits per heavy atom. The van der Waals surface area contributed by atoms with Gasteiger partial charge in [-0.15, -0.1) is 0 Å². The topological polar surface area (TPSA) is 96.9 Å². The molecule has 3 rings (SSSR count). The van der Waals surface area contributed by atoms with Crippen LogP contribution in [-0.4, -0.2) is 20.4 Å². The van der Waals surface area contributed by atoms with Gasteiger partial charge < -0.3 is 10.3 Å². The van der Waals surface area contributed by atoms with Gasteiger partial charge in [-0.05, 0) is 37.1 Å². The number of carbonyl (C=O) groups excluding carboxylic acids is 1. The van der Waals surface area contributed by atoms with Crippen molar-refractivity contribution < 1.29 is 4.79 Å². The molecule has 0 bridgehead atoms. The number of carbonyl (C=O) groups is 1. The number of amides is 1. The highest BCUT2D eigenvalue weighted by Gasteiger charge is 2.07. The molecular weight excluding hydrogens is 332 g/mol. The monoisotopic (exact) mass is 352 g/mol. The van der Waals surface area contributed by atoms with E-state index in [1.165, 1.54) is 4.57 Å². The van der Waals surface area contributed by atoms with Gasteiger partial charge in [0.15, 0.2) is 0 Å². The second kappa shape index (κ2) is 8.24. The van der Waals surface area contributed by atoms with Crippen molar-refractivity contribution in [2.45, 2.75) is 32.2 Å². The maximum atomic E-state index is 12.4. The number of hydrogen-bond acceptors (Lipinski definition) is 4. The van der Waals surface area contributed by atoms with E-state index in [1.54, 1.807) is 48.8 Å². The van der Waals surface area contributed by atoms with Crippen molar-refractivity contribution in [3.8, 4) is 0 Å². The fourth-order valence-electron chi connectivity index (χ4n) is 2.79. The summed E-state index contributed by atoms with van der Waals surface area (Å²) >= 11 is 0. The summed E-state index contributed by atoms with van der Waals surface area (Å²) in [6.07, 6.45) is 5.72. The van der Waals surface area contributed by atoms with Gasteiger partial charge in [0.1, 0.15) is 0 Å². The number of aromatic nitrogens is 3. The number of fused-ring (bicyclic) bond motifs is 1. The number of benzene rings is 1. The summed E-state index contributed by atoms with van der Waals surface area (Å²) in [7, 11) is 0. The van der Waals surface area contributed by atoms with Crippen molar-refractivity contribution in [1.29, 1.82) is 0 Å². The van der Waals surface area contributed by atoms with Gasteiger partial charge in [-0.2, -0.15) is 0 Å². The van der Waals surface area contributed by atoms with Gasteiger partial charge >= 0.3 is 5.69 Å². The summed E-state index contributed by atoms with van der Waals surface area (Å²) in [6, 6.07) is 10.5. The lowest BCUT2D eigenvalue weighted by Crippen LogP contribution is -2.35. The summed E-state index contributed by atoms with van der Waals surface area (Å²) in [4.78, 5) is 43.0. The van der Waals surface area contributed by atoms with Crippen LogP contribution in [0.15, 0.2) is 58.4 Å². The molecule has 26 heavy (non-hydrogen) atoms. The first kappa shape index (κ1) is 17.6. The third-order valence-corrected chi connectivity index (χ3v) is 4.12. The minimum atomic E-state index is -0.400. The maximum Gasteiger partial charge on any atom is 0.328 e. The van der Waals surface area contributed by atoms with Crippen LogP contribution in [0.25, 0.3) is 10.9 Å². The zero-order valence-corrected chi connectivity index (χ0v) is 14.3. The van der Waals surface area contributed by atoms with Crippen LogP contribution in [0.4, 0.5) is 5.69 Å². The fraction of sp³-hybridized carbons (Fsp3) is 0.263. The Bertz CT molecular complexity index is 1010. The number of aromatic amines is 1. The molecule has 0 fully saturated rings. The number of pyridine rings is 1. The first-order valence-corrected chi connectivity index (χ1v) is 8.57. The van der Waals surface area contributed by atoms with E-state index < -0.39 is 5.69 Å². The minimum Gasteiger partial charge on any atom is -0.325 e. The van der Waals surface area contributed by atoms with Crippen LogP contribution >= 0.6 is 0 Å². The van der Waals surface area contributed by atoms with E-state index in [2.05, 4.69) is 15.3 Å². The van der Waals surface area contributed by atoms with E-state index in [1.807, 2.05) is 0 Å². The van der Waals surface area contributed by atoms with Crippen molar-refractivity contribution in [2.75, 3.05) is 5.32 Å². The van der Waals surface area contributed by atoms with Crippen molar-refractivity contribution in [3.05, 3.63) is 69.6 Å². The Labute approximate surface area is 149 Å². The van der Waals surface area contributed by atoms with E-state index in [4.69, 9.17) is 0 Å². The number of hydrogen-bond donors (Lipinski definition) is 2. The molecule has 0 spiro atoms. The van der Waals surface area contributed by atoms with Gasteiger partial charge in [-0.3, -0.25) is 19.1 Å². The summed E-state index contributed by atoms with van der Waals surface area (Å²) in [5, 5.41) is 3.28. The largest absolute Gasteiger partial charge is 0.328 e. The second-order valence-electron chi connectivity index (χ2n) is 6.03. The standard InChI is InChI=1S/C19H20N4O3/c24-17(21-14-7-6-11-20-13-14)10-2-1-5-12-23-18(25)15-8-3-4-9-16(15)22-19(23)26/h3-4,6-9,11,13H,1-2,5,10,12H2,(H,21,24)(H,22,26). The molecule has 0 saturated heterocycles. The minimum absolute atomic E-state index is 0.0706. The molecule has 0 aliphatic heterocycles. The molecular formula is C19H20N4O3. The first-order chi connectivity index (χ1) is 12.6. The van der Waals surface area contributed by atoms with Crippen molar-refractivity contribution in [1.82, 2.24) is 14.5 Å². The number of para-hydroxylation sites is 1. The Kier molecular flexibility index (Phi) is 5.58. The highest BCUT2D eigenvalue weighted by atomic mass is 16.2. The van der Waals surface area contributed by atoms with Gasteiger partial charge in [0.2, 0.25) is 5.91 Å². The van der Waals surface area contributed by atoms with Crippen LogP contribution in [0, 0.1) is 0 Å². The summed E-state index contributed by atoms with van der Waals surface area (Å²) < 4.78 is 1.22. The van der Waals surface area contributed by atoms with Crippen molar-refractivity contribution in [2.24, 2.45) is 0 Å². The molecule has 0 unspecified atom stereocenters. The summed E-state index contributed by atoms with van der Waals surface area (Å²) in [6.45, 7) is 0.337. The van der Waals surface area contributed by atoms with E-state index in [0.29, 0.717) is 42.4 Å². The molecule has 0 atom stereocenters. The normalized spacial score (nSPS) is 10.8. The third-order valence-electron chi connectivity index (χ3n) is 4.12. The molecule has 2 aromatic heterocycles. The van der Waals surface area contributed by atoms with Crippen LogP contribution < -0.4 is 16.6 Å². The number of unbranched alkanes of at least 4 members (excludes halogenated alkanes) is 2. The number of nitrogens with zero attached hydrogens (tertiary/aromatic N) is 2. The van der Waals surface area contributed by atoms with Crippen LogP contribution in [0.5, 0.6) is 0 Å². The second-order valence-corrected chi connectivity index (χ2v) is 6.03. The quantitative estimate of drug-likeness (QED) is 0.638. The predicted molar refractivity (Wildman–Crippen MR) is 100 cm³/mol. The molecule has 0 saturated carbocycles. The smallest absolute Gasteiger partial charge is 0.325 e. The Hall–Kier alpha value is -3.22. The van der Waals surface area contributed by atoms with Crippen molar-refractivity contribution >= 4 is 22.5 Å². The average Bonchev–Trinajstić information content (AvgIpc) is 2.64. The Balaban J connectivity index is 1.50. The van der Waals surface area contributed by atoms with Gasteiger partial charge in [0.25, 0.3) is 5.56 Å². The molecule has 134 valence electrons. The van der Waals surface area contributed by atoms with E-state index in [9.17, 15) is 14.4 Å². The molecule has 0 aliphatic carbocycles. The molecule has 1 amide bonds. The Morgan fingerprint density at radius 2 is 1.92 bits per heavy atom. The van der Waals surface area contributed by atoms with E-state index in [0.717, 1.165) is 6.42 Å². The number of nitrogens with one attached hydrogen (secondary N) is 2. The maximum absolute atomic E-state index is 12.4.